The first kappa shape index (κ1) is 34.9. The summed E-state index contributed by atoms with van der Waals surface area (Å²) in [7, 11) is 1.15. The minimum Gasteiger partial charge on any atom is -0.465 e. The number of carbonyl (C=O) groups excluding carboxylic acids is 3. The zero-order valence-corrected chi connectivity index (χ0v) is 27.0. The van der Waals surface area contributed by atoms with Crippen molar-refractivity contribution in [2.24, 2.45) is 0 Å². The predicted octanol–water partition coefficient (Wildman–Crippen LogP) is 6.28. The van der Waals surface area contributed by atoms with Gasteiger partial charge in [0, 0.05) is 12.6 Å². The maximum atomic E-state index is 14.3. The average molecular weight is 656 g/mol. The molecule has 0 aromatic carbocycles. The van der Waals surface area contributed by atoms with E-state index in [2.05, 4.69) is 15.2 Å². The highest BCUT2D eigenvalue weighted by Crippen LogP contribution is 2.45. The van der Waals surface area contributed by atoms with Crippen LogP contribution in [-0.4, -0.2) is 75.5 Å². The molecular weight excluding hydrogens is 615 g/mol. The number of ether oxygens (including phenoxy) is 3. The first-order chi connectivity index (χ1) is 21.3. The van der Waals surface area contributed by atoms with Gasteiger partial charge in [-0.25, -0.2) is 19.4 Å². The topological polar surface area (TPSA) is 157 Å². The van der Waals surface area contributed by atoms with Gasteiger partial charge in [-0.1, -0.05) is 12.8 Å². The third-order valence-electron chi connectivity index (χ3n) is 7.46. The summed E-state index contributed by atoms with van der Waals surface area (Å²) in [5.41, 5.74) is -6.73. The minimum absolute atomic E-state index is 0.00765. The average Bonchev–Trinajstić information content (AvgIpc) is 3.59. The first-order valence-electron chi connectivity index (χ1n) is 15.1. The third-order valence-corrected chi connectivity index (χ3v) is 7.46. The van der Waals surface area contributed by atoms with Crippen molar-refractivity contribution < 1.29 is 51.3 Å². The van der Waals surface area contributed by atoms with E-state index in [-0.39, 0.29) is 23.8 Å². The number of alkyl halides is 3. The Morgan fingerprint density at radius 1 is 0.978 bits per heavy atom. The van der Waals surface area contributed by atoms with Crippen molar-refractivity contribution in [3.8, 4) is 11.6 Å². The Bertz CT molecular complexity index is 1440. The number of hydrogen-bond donors (Lipinski definition) is 1. The van der Waals surface area contributed by atoms with Crippen LogP contribution in [0.25, 0.3) is 11.6 Å². The van der Waals surface area contributed by atoms with Crippen molar-refractivity contribution in [2.45, 2.75) is 116 Å². The zero-order chi connectivity index (χ0) is 34.2. The van der Waals surface area contributed by atoms with Crippen LogP contribution in [0.1, 0.15) is 103 Å². The Balaban J connectivity index is 2.06. The number of aromatic nitrogens is 3. The largest absolute Gasteiger partial charge is 0.465 e. The van der Waals surface area contributed by atoms with Crippen LogP contribution >= 0.6 is 0 Å². The van der Waals surface area contributed by atoms with Crippen LogP contribution in [-0.2, 0) is 19.8 Å². The quantitative estimate of drug-likeness (QED) is 0.286. The highest BCUT2D eigenvalue weighted by molar-refractivity contribution is 6.12. The standard InChI is InChI=1S/C30H40F3N5O8/c1-27(2,3)45-25(40)38(26(41)46-28(4,5)6)19-16-18(23(39)43-7)21-34-20(19)22-35-36-24(44-22)29(42,30(31,32)33)14-10-8-9-12-17-13-11-15-37(17)21/h16-17,42H,8-15H2,1-7H3/t17-,29?/m1/s1. The molecule has 0 aliphatic carbocycles. The van der Waals surface area contributed by atoms with Gasteiger partial charge >= 0.3 is 24.3 Å². The summed E-state index contributed by atoms with van der Waals surface area (Å²) in [5.74, 6) is -2.56. The van der Waals surface area contributed by atoms with Gasteiger partial charge in [-0.3, -0.25) is 0 Å². The molecule has 4 rings (SSSR count). The molecule has 4 heterocycles. The normalized spacial score (nSPS) is 20.8. The molecule has 2 aliphatic heterocycles. The lowest BCUT2D eigenvalue weighted by Gasteiger charge is -2.31. The van der Waals surface area contributed by atoms with E-state index < -0.39 is 70.7 Å². The Morgan fingerprint density at radius 2 is 1.59 bits per heavy atom. The van der Waals surface area contributed by atoms with Crippen LogP contribution in [0.15, 0.2) is 10.5 Å². The lowest BCUT2D eigenvalue weighted by Crippen LogP contribution is -2.44. The Kier molecular flexibility index (Phi) is 9.63. The van der Waals surface area contributed by atoms with Crippen molar-refractivity contribution >= 4 is 29.7 Å². The fourth-order valence-electron chi connectivity index (χ4n) is 5.39. The van der Waals surface area contributed by atoms with E-state index in [9.17, 15) is 32.7 Å². The molecule has 1 unspecified atom stereocenters. The molecule has 2 aliphatic rings. The molecule has 2 amide bonds. The second-order valence-corrected chi connectivity index (χ2v) is 13.4. The summed E-state index contributed by atoms with van der Waals surface area (Å²) in [6, 6.07) is 1.00. The number of methoxy groups -OCH3 is 1. The molecule has 2 aromatic rings. The zero-order valence-electron chi connectivity index (χ0n) is 27.0. The summed E-state index contributed by atoms with van der Waals surface area (Å²) in [5, 5.41) is 18.2. The van der Waals surface area contributed by atoms with Gasteiger partial charge in [0.1, 0.15) is 22.6 Å². The number of amides is 2. The fourth-order valence-corrected chi connectivity index (χ4v) is 5.39. The van der Waals surface area contributed by atoms with E-state index >= 15 is 0 Å². The van der Waals surface area contributed by atoms with Gasteiger partial charge in [0.05, 0.1) is 12.8 Å². The molecule has 1 saturated heterocycles. The van der Waals surface area contributed by atoms with Crippen LogP contribution < -0.4 is 9.80 Å². The summed E-state index contributed by atoms with van der Waals surface area (Å²) in [6.45, 7) is 9.83. The molecule has 0 spiro atoms. The van der Waals surface area contributed by atoms with Crippen LogP contribution in [0.5, 0.6) is 0 Å². The third kappa shape index (κ3) is 7.37. The number of carbonyl (C=O) groups is 3. The van der Waals surface area contributed by atoms with Crippen LogP contribution in [0, 0.1) is 0 Å². The number of hydrogen-bond acceptors (Lipinski definition) is 12. The summed E-state index contributed by atoms with van der Waals surface area (Å²) in [6.07, 6.45) is -5.44. The van der Waals surface area contributed by atoms with E-state index in [0.717, 1.165) is 26.0 Å². The summed E-state index contributed by atoms with van der Waals surface area (Å²) < 4.78 is 64.4. The van der Waals surface area contributed by atoms with E-state index in [1.165, 1.54) is 0 Å². The summed E-state index contributed by atoms with van der Waals surface area (Å²) in [4.78, 5) is 47.5. The van der Waals surface area contributed by atoms with Crippen molar-refractivity contribution in [3.05, 3.63) is 17.5 Å². The molecule has 2 aromatic heterocycles. The Hall–Kier alpha value is -3.95. The maximum absolute atomic E-state index is 14.3. The number of anilines is 2. The van der Waals surface area contributed by atoms with Gasteiger partial charge in [-0.2, -0.15) is 18.1 Å². The van der Waals surface area contributed by atoms with Crippen molar-refractivity contribution in [3.63, 3.8) is 0 Å². The Morgan fingerprint density at radius 3 is 2.15 bits per heavy atom. The monoisotopic (exact) mass is 655 g/mol. The number of halogens is 3. The SMILES string of the molecule is COC(=O)c1cc(N(C(=O)OC(C)(C)C)C(=O)OC(C)(C)C)c2nc1N1CCC[C@H]1CCCCCC(O)(C(F)(F)F)c1nnc-2o1. The van der Waals surface area contributed by atoms with Gasteiger partial charge in [0.15, 0.2) is 5.69 Å². The van der Waals surface area contributed by atoms with Crippen LogP contribution in [0.4, 0.5) is 34.3 Å². The molecule has 2 atom stereocenters. The van der Waals surface area contributed by atoms with Crippen molar-refractivity contribution in [1.82, 2.24) is 15.2 Å². The highest BCUT2D eigenvalue weighted by Gasteiger charge is 2.58. The first-order valence-corrected chi connectivity index (χ1v) is 15.1. The second kappa shape index (κ2) is 12.7. The van der Waals surface area contributed by atoms with Crippen LogP contribution in [0.3, 0.4) is 0 Å². The second-order valence-electron chi connectivity index (χ2n) is 13.4. The number of fused-ring (bicyclic) bond motifs is 7. The summed E-state index contributed by atoms with van der Waals surface area (Å²) >= 11 is 0. The molecular formula is C30H40F3N5O8. The number of nitrogens with zero attached hydrogens (tertiary/aromatic N) is 5. The molecule has 13 nitrogen and oxygen atoms in total. The smallest absolute Gasteiger partial charge is 0.426 e. The molecule has 16 heteroatoms. The fraction of sp³-hybridized carbons (Fsp3) is 0.667. The van der Waals surface area contributed by atoms with Gasteiger partial charge in [0.2, 0.25) is 5.60 Å². The lowest BCUT2D eigenvalue weighted by atomic mass is 9.94. The van der Waals surface area contributed by atoms with Gasteiger partial charge in [-0.15, -0.1) is 10.2 Å². The number of esters is 1. The van der Waals surface area contributed by atoms with E-state index in [4.69, 9.17) is 18.6 Å². The Labute approximate surface area is 264 Å². The maximum Gasteiger partial charge on any atom is 0.426 e. The van der Waals surface area contributed by atoms with Gasteiger partial charge in [-0.05, 0) is 79.7 Å². The highest BCUT2D eigenvalue weighted by atomic mass is 19.4. The van der Waals surface area contributed by atoms with E-state index in [1.54, 1.807) is 41.5 Å². The predicted molar refractivity (Wildman–Crippen MR) is 157 cm³/mol. The number of aliphatic hydroxyl groups is 1. The molecule has 0 radical (unpaired) electrons. The minimum atomic E-state index is -5.18. The molecule has 1 fully saturated rings. The molecule has 0 saturated carbocycles. The number of imide groups is 1. The van der Waals surface area contributed by atoms with Crippen molar-refractivity contribution in [2.75, 3.05) is 23.5 Å². The molecule has 46 heavy (non-hydrogen) atoms. The molecule has 1 N–H and O–H groups in total. The van der Waals surface area contributed by atoms with Gasteiger partial charge < -0.3 is 28.6 Å². The van der Waals surface area contributed by atoms with E-state index in [0.29, 0.717) is 30.7 Å². The van der Waals surface area contributed by atoms with Gasteiger partial charge in [0.25, 0.3) is 11.8 Å². The lowest BCUT2D eigenvalue weighted by molar-refractivity contribution is -0.277. The number of pyridine rings is 1. The van der Waals surface area contributed by atoms with Crippen LogP contribution in [0.2, 0.25) is 0 Å². The number of rotatable bonds is 2. The molecule has 254 valence electrons. The van der Waals surface area contributed by atoms with E-state index in [1.807, 2.05) is 4.90 Å². The molecule has 4 bridgehead atoms. The van der Waals surface area contributed by atoms with Crippen molar-refractivity contribution in [1.29, 1.82) is 0 Å².